The van der Waals surface area contributed by atoms with E-state index in [0.29, 0.717) is 6.61 Å². The molecule has 3 nitrogen and oxygen atoms in total. The van der Waals surface area contributed by atoms with Crippen molar-refractivity contribution in [1.29, 1.82) is 0 Å². The Balaban J connectivity index is 2.60. The van der Waals surface area contributed by atoms with E-state index >= 15 is 0 Å². The van der Waals surface area contributed by atoms with Gasteiger partial charge in [-0.05, 0) is 19.3 Å². The summed E-state index contributed by atoms with van der Waals surface area (Å²) < 4.78 is 0. The molecule has 0 fully saturated rings. The van der Waals surface area contributed by atoms with Gasteiger partial charge in [-0.3, -0.25) is 0 Å². The number of aliphatic hydroxyl groups excluding tert-OH is 1. The lowest BCUT2D eigenvalue weighted by molar-refractivity contribution is 0.0901. The number of rotatable bonds is 6. The molecule has 2 N–H and O–H groups in total. The highest BCUT2D eigenvalue weighted by atomic mass is 16.6. The highest BCUT2D eigenvalue weighted by molar-refractivity contribution is 4.40. The van der Waals surface area contributed by atoms with Crippen molar-refractivity contribution >= 4 is 0 Å². The van der Waals surface area contributed by atoms with Crippen molar-refractivity contribution in [2.24, 2.45) is 0 Å². The lowest BCUT2D eigenvalue weighted by Gasteiger charge is -1.98. The molecular weight excluding hydrogens is 118 g/mol. The Morgan fingerprint density at radius 1 is 1.33 bits per heavy atom. The first-order valence-electron chi connectivity index (χ1n) is 3.28. The van der Waals surface area contributed by atoms with Gasteiger partial charge in [0.25, 0.3) is 0 Å². The number of aliphatic hydroxyl groups is 1. The molecule has 0 aliphatic heterocycles. The molecule has 3 heteroatoms. The second kappa shape index (κ2) is 7.88. The second-order valence-corrected chi connectivity index (χ2v) is 1.88. The fourth-order valence-electron chi connectivity index (χ4n) is 0.588. The zero-order valence-electron chi connectivity index (χ0n) is 5.89. The summed E-state index contributed by atoms with van der Waals surface area (Å²) in [4.78, 5) is 4.61. The van der Waals surface area contributed by atoms with Crippen LogP contribution in [0.5, 0.6) is 0 Å². The normalized spacial score (nSPS) is 10.0. The van der Waals surface area contributed by atoms with E-state index < -0.39 is 0 Å². The molecule has 0 radical (unpaired) electrons. The van der Waals surface area contributed by atoms with E-state index in [4.69, 9.17) is 5.11 Å². The minimum absolute atomic E-state index is 0.299. The minimum Gasteiger partial charge on any atom is -0.396 e. The van der Waals surface area contributed by atoms with Gasteiger partial charge in [0.15, 0.2) is 0 Å². The maximum absolute atomic E-state index is 8.37. The van der Waals surface area contributed by atoms with Crippen molar-refractivity contribution in [3.63, 3.8) is 0 Å². The zero-order valence-corrected chi connectivity index (χ0v) is 5.89. The van der Waals surface area contributed by atoms with Crippen LogP contribution in [0.15, 0.2) is 0 Å². The largest absolute Gasteiger partial charge is 0.396 e. The first kappa shape index (κ1) is 8.88. The Morgan fingerprint density at radius 2 is 2.11 bits per heavy atom. The maximum Gasteiger partial charge on any atom is 0.0572 e. The molecule has 0 saturated heterocycles. The quantitative estimate of drug-likeness (QED) is 0.404. The number of unbranched alkanes of at least 4 members (excludes halogenated alkanes) is 2. The van der Waals surface area contributed by atoms with E-state index in [1.54, 1.807) is 7.11 Å². The summed E-state index contributed by atoms with van der Waals surface area (Å²) in [6.45, 7) is 1.17. The summed E-state index contributed by atoms with van der Waals surface area (Å²) in [6, 6.07) is 0. The third kappa shape index (κ3) is 7.88. The molecule has 0 atom stereocenters. The predicted octanol–water partition coefficient (Wildman–Crippen LogP) is 0.300. The Hall–Kier alpha value is -0.120. The van der Waals surface area contributed by atoms with Gasteiger partial charge in [-0.2, -0.15) is 0 Å². The van der Waals surface area contributed by atoms with Crippen LogP contribution in [0.2, 0.25) is 0 Å². The topological polar surface area (TPSA) is 41.5 Å². The van der Waals surface area contributed by atoms with Crippen molar-refractivity contribution in [3.05, 3.63) is 0 Å². The van der Waals surface area contributed by atoms with E-state index in [2.05, 4.69) is 10.3 Å². The third-order valence-electron chi connectivity index (χ3n) is 1.08. The molecule has 0 spiro atoms. The van der Waals surface area contributed by atoms with Gasteiger partial charge in [-0.15, -0.1) is 0 Å². The summed E-state index contributed by atoms with van der Waals surface area (Å²) >= 11 is 0. The molecule has 0 unspecified atom stereocenters. The van der Waals surface area contributed by atoms with Crippen LogP contribution < -0.4 is 5.48 Å². The molecule has 0 aliphatic carbocycles. The average Bonchev–Trinajstić information content (AvgIpc) is 1.89. The van der Waals surface area contributed by atoms with Crippen LogP contribution in [-0.4, -0.2) is 25.4 Å². The van der Waals surface area contributed by atoms with E-state index in [1.807, 2.05) is 0 Å². The van der Waals surface area contributed by atoms with Gasteiger partial charge in [-0.1, -0.05) is 0 Å². The van der Waals surface area contributed by atoms with Crippen LogP contribution in [0.3, 0.4) is 0 Å². The fourth-order valence-corrected chi connectivity index (χ4v) is 0.588. The van der Waals surface area contributed by atoms with E-state index in [0.717, 1.165) is 25.8 Å². The van der Waals surface area contributed by atoms with Crippen LogP contribution in [-0.2, 0) is 4.84 Å². The zero-order chi connectivity index (χ0) is 6.95. The van der Waals surface area contributed by atoms with Crippen LogP contribution in [0.4, 0.5) is 0 Å². The van der Waals surface area contributed by atoms with Crippen molar-refractivity contribution in [3.8, 4) is 0 Å². The minimum atomic E-state index is 0.299. The van der Waals surface area contributed by atoms with Gasteiger partial charge in [0.1, 0.15) is 0 Å². The molecule has 0 aromatic rings. The average molecular weight is 133 g/mol. The van der Waals surface area contributed by atoms with Crippen LogP contribution >= 0.6 is 0 Å². The van der Waals surface area contributed by atoms with Gasteiger partial charge in [0.05, 0.1) is 7.11 Å². The number of hydrogen-bond donors (Lipinski definition) is 2. The standard InChI is InChI=1S/C6H15NO2/c1-9-7-5-3-2-4-6-8/h7-8H,2-6H2,1H3. The van der Waals surface area contributed by atoms with Gasteiger partial charge in [-0.25, -0.2) is 5.48 Å². The molecular formula is C6H15NO2. The molecule has 0 bridgehead atoms. The smallest absolute Gasteiger partial charge is 0.0572 e. The number of hydroxylamine groups is 1. The van der Waals surface area contributed by atoms with E-state index in [-0.39, 0.29) is 0 Å². The Morgan fingerprint density at radius 3 is 2.67 bits per heavy atom. The van der Waals surface area contributed by atoms with Crippen LogP contribution in [0, 0.1) is 0 Å². The third-order valence-corrected chi connectivity index (χ3v) is 1.08. The molecule has 0 amide bonds. The molecule has 0 heterocycles. The summed E-state index contributed by atoms with van der Waals surface area (Å²) in [5.41, 5.74) is 2.73. The van der Waals surface area contributed by atoms with Gasteiger partial charge in [0, 0.05) is 13.2 Å². The summed E-state index contributed by atoms with van der Waals surface area (Å²) in [7, 11) is 1.60. The second-order valence-electron chi connectivity index (χ2n) is 1.88. The molecule has 0 aromatic heterocycles. The Labute approximate surface area is 56.0 Å². The van der Waals surface area contributed by atoms with Gasteiger partial charge >= 0.3 is 0 Å². The first-order chi connectivity index (χ1) is 4.41. The highest BCUT2D eigenvalue weighted by Gasteiger charge is 1.85. The molecule has 0 rings (SSSR count). The van der Waals surface area contributed by atoms with E-state index in [9.17, 15) is 0 Å². The molecule has 0 aromatic carbocycles. The molecule has 0 saturated carbocycles. The maximum atomic E-state index is 8.37. The molecule has 9 heavy (non-hydrogen) atoms. The van der Waals surface area contributed by atoms with Crippen molar-refractivity contribution in [2.45, 2.75) is 19.3 Å². The lowest BCUT2D eigenvalue weighted by atomic mass is 10.2. The summed E-state index contributed by atoms with van der Waals surface area (Å²) in [5.74, 6) is 0. The Bertz CT molecular complexity index is 44.3. The van der Waals surface area contributed by atoms with Crippen LogP contribution in [0.1, 0.15) is 19.3 Å². The summed E-state index contributed by atoms with van der Waals surface area (Å²) in [6.07, 6.45) is 3.02. The van der Waals surface area contributed by atoms with Crippen molar-refractivity contribution < 1.29 is 9.94 Å². The first-order valence-corrected chi connectivity index (χ1v) is 3.28. The van der Waals surface area contributed by atoms with Gasteiger partial charge < -0.3 is 9.94 Å². The number of nitrogens with one attached hydrogen (secondary N) is 1. The van der Waals surface area contributed by atoms with Crippen molar-refractivity contribution in [1.82, 2.24) is 5.48 Å². The lowest BCUT2D eigenvalue weighted by Crippen LogP contribution is -2.12. The van der Waals surface area contributed by atoms with E-state index in [1.165, 1.54) is 0 Å². The Kier molecular flexibility index (Phi) is 7.77. The van der Waals surface area contributed by atoms with Gasteiger partial charge in [0.2, 0.25) is 0 Å². The monoisotopic (exact) mass is 133 g/mol. The number of hydrogen-bond acceptors (Lipinski definition) is 3. The molecule has 0 aliphatic rings. The van der Waals surface area contributed by atoms with Crippen LogP contribution in [0.25, 0.3) is 0 Å². The van der Waals surface area contributed by atoms with Crippen molar-refractivity contribution in [2.75, 3.05) is 20.3 Å². The fraction of sp³-hybridized carbons (Fsp3) is 1.00. The molecule has 56 valence electrons. The SMILES string of the molecule is CONCCCCCO. The highest BCUT2D eigenvalue weighted by Crippen LogP contribution is 1.90. The predicted molar refractivity (Wildman–Crippen MR) is 35.9 cm³/mol. The summed E-state index contributed by atoms with van der Waals surface area (Å²) in [5, 5.41) is 8.37.